The van der Waals surface area contributed by atoms with E-state index in [1.54, 1.807) is 12.1 Å². The van der Waals surface area contributed by atoms with E-state index in [1.165, 1.54) is 11.1 Å². The van der Waals surface area contributed by atoms with E-state index in [2.05, 4.69) is 10.3 Å². The third kappa shape index (κ3) is 5.54. The van der Waals surface area contributed by atoms with Crippen LogP contribution < -0.4 is 10.1 Å². The first-order chi connectivity index (χ1) is 11.9. The largest absolute Gasteiger partial charge is 0.481 e. The van der Waals surface area contributed by atoms with Gasteiger partial charge in [-0.05, 0) is 18.4 Å². The molecule has 2 rings (SSSR count). The molecule has 25 heavy (non-hydrogen) atoms. The van der Waals surface area contributed by atoms with E-state index in [9.17, 15) is 18.4 Å². The zero-order valence-corrected chi connectivity index (χ0v) is 13.8. The number of piperidine rings is 1. The van der Waals surface area contributed by atoms with Gasteiger partial charge < -0.3 is 20.1 Å². The predicted molar refractivity (Wildman–Crippen MR) is 84.5 cm³/mol. The van der Waals surface area contributed by atoms with E-state index < -0.39 is 31.0 Å². The Kier molecular flexibility index (Phi) is 6.49. The van der Waals surface area contributed by atoms with Crippen LogP contribution in [0.2, 0.25) is 0 Å². The van der Waals surface area contributed by atoms with E-state index in [-0.39, 0.29) is 24.9 Å². The molecule has 2 heterocycles. The zero-order valence-electron chi connectivity index (χ0n) is 13.8. The number of ether oxygens (including phenoxy) is 1. The van der Waals surface area contributed by atoms with Crippen molar-refractivity contribution in [3.8, 4) is 5.88 Å². The Balaban J connectivity index is 1.94. The van der Waals surface area contributed by atoms with Gasteiger partial charge in [0.2, 0.25) is 5.88 Å². The number of nitrogens with zero attached hydrogens (tertiary/aromatic N) is 2. The number of rotatable bonds is 6. The average Bonchev–Trinajstić information content (AvgIpc) is 2.57. The summed E-state index contributed by atoms with van der Waals surface area (Å²) in [5.41, 5.74) is 0.469. The number of amides is 2. The van der Waals surface area contributed by atoms with Gasteiger partial charge in [-0.25, -0.2) is 18.6 Å². The maximum atomic E-state index is 12.3. The van der Waals surface area contributed by atoms with Crippen molar-refractivity contribution >= 4 is 12.0 Å². The molecule has 0 saturated carbocycles. The summed E-state index contributed by atoms with van der Waals surface area (Å²) < 4.78 is 29.5. The monoisotopic (exact) mass is 357 g/mol. The second-order valence-electron chi connectivity index (χ2n) is 6.11. The fraction of sp³-hybridized carbons (Fsp3) is 0.562. The summed E-state index contributed by atoms with van der Waals surface area (Å²) in [7, 11) is 0. The van der Waals surface area contributed by atoms with Gasteiger partial charge in [0.05, 0.1) is 5.92 Å². The maximum Gasteiger partial charge on any atom is 0.317 e. The highest BCUT2D eigenvalue weighted by molar-refractivity contribution is 5.76. The van der Waals surface area contributed by atoms with Gasteiger partial charge >= 0.3 is 12.0 Å². The minimum absolute atomic E-state index is 0.0403. The second-order valence-corrected chi connectivity index (χ2v) is 6.11. The smallest absolute Gasteiger partial charge is 0.317 e. The fourth-order valence-corrected chi connectivity index (χ4v) is 2.81. The van der Waals surface area contributed by atoms with Gasteiger partial charge in [0.15, 0.2) is 6.61 Å². The number of hydrogen-bond donors (Lipinski definition) is 2. The number of aromatic nitrogens is 1. The number of carbonyl (C=O) groups is 2. The molecule has 0 aromatic carbocycles. The Morgan fingerprint density at radius 3 is 2.92 bits per heavy atom. The lowest BCUT2D eigenvalue weighted by Gasteiger charge is -2.34. The number of pyridine rings is 1. The molecule has 1 aliphatic heterocycles. The van der Waals surface area contributed by atoms with Crippen LogP contribution in [-0.4, -0.2) is 53.1 Å². The topological polar surface area (TPSA) is 91.8 Å². The summed E-state index contributed by atoms with van der Waals surface area (Å²) in [5, 5.41) is 11.8. The predicted octanol–water partition coefficient (Wildman–Crippen LogP) is 1.98. The highest BCUT2D eigenvalue weighted by atomic mass is 19.3. The summed E-state index contributed by atoms with van der Waals surface area (Å²) in [6.45, 7) is 1.78. The van der Waals surface area contributed by atoms with Crippen LogP contribution in [0.3, 0.4) is 0 Å². The molecule has 1 saturated heterocycles. The Bertz CT molecular complexity index is 615. The number of carboxylic acid groups (broad SMARTS) is 1. The lowest BCUT2D eigenvalue weighted by molar-refractivity contribution is -0.143. The number of carboxylic acids is 1. The lowest BCUT2D eigenvalue weighted by Crippen LogP contribution is -2.49. The molecular weight excluding hydrogens is 336 g/mol. The Morgan fingerprint density at radius 2 is 2.24 bits per heavy atom. The summed E-state index contributed by atoms with van der Waals surface area (Å²) in [6, 6.07) is 2.83. The van der Waals surface area contributed by atoms with Gasteiger partial charge in [-0.15, -0.1) is 0 Å². The molecule has 0 spiro atoms. The van der Waals surface area contributed by atoms with Gasteiger partial charge in [-0.1, -0.05) is 13.0 Å². The SMILES string of the molecule is CC1CC(C(=O)O)CN(C(=O)NCc2cccnc2OCC(F)F)C1. The van der Waals surface area contributed by atoms with Crippen molar-refractivity contribution in [1.82, 2.24) is 15.2 Å². The van der Waals surface area contributed by atoms with Crippen LogP contribution in [0.4, 0.5) is 13.6 Å². The molecular formula is C16H21F2N3O4. The van der Waals surface area contributed by atoms with Crippen LogP contribution >= 0.6 is 0 Å². The van der Waals surface area contributed by atoms with Crippen molar-refractivity contribution in [3.05, 3.63) is 23.9 Å². The summed E-state index contributed by atoms with van der Waals surface area (Å²) >= 11 is 0. The summed E-state index contributed by atoms with van der Waals surface area (Å²) in [4.78, 5) is 28.8. The molecule has 2 N–H and O–H groups in total. The molecule has 7 nitrogen and oxygen atoms in total. The molecule has 0 aliphatic carbocycles. The van der Waals surface area contributed by atoms with E-state index in [0.29, 0.717) is 18.5 Å². The van der Waals surface area contributed by atoms with Crippen molar-refractivity contribution in [2.45, 2.75) is 26.3 Å². The molecule has 0 radical (unpaired) electrons. The van der Waals surface area contributed by atoms with Crippen LogP contribution in [0.15, 0.2) is 18.3 Å². The standard InChI is InChI=1S/C16H21F2N3O4/c1-10-5-12(15(22)23)8-21(7-10)16(24)20-6-11-3-2-4-19-14(11)25-9-13(17)18/h2-4,10,12-13H,5-9H2,1H3,(H,20,24)(H,22,23). The van der Waals surface area contributed by atoms with Crippen molar-refractivity contribution in [2.24, 2.45) is 11.8 Å². The molecule has 1 aromatic heterocycles. The van der Waals surface area contributed by atoms with Crippen molar-refractivity contribution in [1.29, 1.82) is 0 Å². The Labute approximate surface area is 144 Å². The van der Waals surface area contributed by atoms with Gasteiger partial charge in [0, 0.05) is 31.4 Å². The summed E-state index contributed by atoms with van der Waals surface area (Å²) in [6.07, 6.45) is -0.671. The summed E-state index contributed by atoms with van der Waals surface area (Å²) in [5.74, 6) is -1.38. The van der Waals surface area contributed by atoms with Crippen LogP contribution in [0.1, 0.15) is 18.9 Å². The van der Waals surface area contributed by atoms with Gasteiger partial charge in [-0.2, -0.15) is 0 Å². The number of likely N-dealkylation sites (tertiary alicyclic amines) is 1. The molecule has 9 heteroatoms. The zero-order chi connectivity index (χ0) is 18.4. The van der Waals surface area contributed by atoms with Crippen LogP contribution in [0.25, 0.3) is 0 Å². The van der Waals surface area contributed by atoms with Gasteiger partial charge in [-0.3, -0.25) is 4.79 Å². The van der Waals surface area contributed by atoms with Crippen LogP contribution in [-0.2, 0) is 11.3 Å². The first-order valence-electron chi connectivity index (χ1n) is 7.97. The van der Waals surface area contributed by atoms with Gasteiger partial charge in [0.1, 0.15) is 0 Å². The van der Waals surface area contributed by atoms with Crippen LogP contribution in [0, 0.1) is 11.8 Å². The lowest BCUT2D eigenvalue weighted by atomic mass is 9.91. The van der Waals surface area contributed by atoms with Crippen molar-refractivity contribution < 1.29 is 28.2 Å². The molecule has 2 unspecified atom stereocenters. The average molecular weight is 357 g/mol. The second kappa shape index (κ2) is 8.59. The minimum Gasteiger partial charge on any atom is -0.481 e. The molecule has 1 aromatic rings. The number of carbonyl (C=O) groups excluding carboxylic acids is 1. The number of nitrogens with one attached hydrogen (secondary N) is 1. The van der Waals surface area contributed by atoms with E-state index in [1.807, 2.05) is 6.92 Å². The number of alkyl halides is 2. The van der Waals surface area contributed by atoms with Crippen molar-refractivity contribution in [2.75, 3.05) is 19.7 Å². The molecule has 1 aliphatic rings. The normalized spacial score (nSPS) is 20.4. The number of urea groups is 1. The molecule has 0 bridgehead atoms. The highest BCUT2D eigenvalue weighted by Gasteiger charge is 2.31. The van der Waals surface area contributed by atoms with E-state index >= 15 is 0 Å². The Hall–Kier alpha value is -2.45. The Morgan fingerprint density at radius 1 is 1.48 bits per heavy atom. The van der Waals surface area contributed by atoms with Crippen LogP contribution in [0.5, 0.6) is 5.88 Å². The molecule has 1 fully saturated rings. The molecule has 138 valence electrons. The third-order valence-corrected chi connectivity index (χ3v) is 3.92. The number of aliphatic carboxylic acids is 1. The fourth-order valence-electron chi connectivity index (χ4n) is 2.81. The number of hydrogen-bond acceptors (Lipinski definition) is 4. The van der Waals surface area contributed by atoms with Gasteiger partial charge in [0.25, 0.3) is 6.43 Å². The first kappa shape index (κ1) is 18.9. The first-order valence-corrected chi connectivity index (χ1v) is 7.97. The van der Waals surface area contributed by atoms with E-state index in [4.69, 9.17) is 9.84 Å². The molecule has 2 amide bonds. The number of halogens is 2. The maximum absolute atomic E-state index is 12.3. The minimum atomic E-state index is -2.62. The third-order valence-electron chi connectivity index (χ3n) is 3.92. The highest BCUT2D eigenvalue weighted by Crippen LogP contribution is 2.22. The quantitative estimate of drug-likeness (QED) is 0.812. The van der Waals surface area contributed by atoms with E-state index in [0.717, 1.165) is 0 Å². The molecule has 2 atom stereocenters. The van der Waals surface area contributed by atoms with Crippen molar-refractivity contribution in [3.63, 3.8) is 0 Å².